The first-order valence-corrected chi connectivity index (χ1v) is 6.19. The number of carbonyl (C=O) groups is 1. The quantitative estimate of drug-likeness (QED) is 0.755. The van der Waals surface area contributed by atoms with Gasteiger partial charge in [-0.05, 0) is 40.5 Å². The van der Waals surface area contributed by atoms with E-state index in [2.05, 4.69) is 0 Å². The Morgan fingerprint density at radius 1 is 1.12 bits per heavy atom. The van der Waals surface area contributed by atoms with Crippen LogP contribution in [0.1, 0.15) is 59.8 Å². The predicted molar refractivity (Wildman–Crippen MR) is 63.0 cm³/mol. The van der Waals surface area contributed by atoms with Gasteiger partial charge in [-0.2, -0.15) is 0 Å². The second-order valence-electron chi connectivity index (χ2n) is 5.83. The van der Waals surface area contributed by atoms with E-state index in [4.69, 9.17) is 4.74 Å². The molecule has 0 aliphatic heterocycles. The van der Waals surface area contributed by atoms with Crippen molar-refractivity contribution in [1.29, 1.82) is 0 Å². The second-order valence-corrected chi connectivity index (χ2v) is 5.83. The first kappa shape index (κ1) is 13.5. The van der Waals surface area contributed by atoms with E-state index in [1.165, 1.54) is 6.42 Å². The predicted octanol–water partition coefficient (Wildman–Crippen LogP) is 2.66. The molecular weight excluding hydrogens is 204 g/mol. The highest BCUT2D eigenvalue weighted by Crippen LogP contribution is 2.30. The normalized spacial score (nSPS) is 19.6. The van der Waals surface area contributed by atoms with E-state index in [0.717, 1.165) is 25.7 Å². The molecule has 0 bridgehead atoms. The van der Waals surface area contributed by atoms with Gasteiger partial charge < -0.3 is 9.84 Å². The summed E-state index contributed by atoms with van der Waals surface area (Å²) in [4.78, 5) is 11.9. The van der Waals surface area contributed by atoms with Crippen molar-refractivity contribution in [2.24, 2.45) is 5.92 Å². The van der Waals surface area contributed by atoms with Gasteiger partial charge in [0.15, 0.2) is 0 Å². The molecule has 0 atom stereocenters. The fourth-order valence-corrected chi connectivity index (χ4v) is 1.80. The number of hydrogen-bond donors (Lipinski definition) is 1. The van der Waals surface area contributed by atoms with Crippen molar-refractivity contribution in [2.45, 2.75) is 71.0 Å². The van der Waals surface area contributed by atoms with E-state index < -0.39 is 11.2 Å². The topological polar surface area (TPSA) is 46.5 Å². The van der Waals surface area contributed by atoms with Crippen LogP contribution >= 0.6 is 0 Å². The molecule has 1 N–H and O–H groups in total. The van der Waals surface area contributed by atoms with Gasteiger partial charge in [-0.1, -0.05) is 19.3 Å². The van der Waals surface area contributed by atoms with Crippen LogP contribution in [0.5, 0.6) is 0 Å². The highest BCUT2D eigenvalue weighted by Gasteiger charge is 2.40. The highest BCUT2D eigenvalue weighted by molar-refractivity contribution is 5.73. The maximum absolute atomic E-state index is 11.9. The smallest absolute Gasteiger partial charge is 0.309 e. The molecule has 0 aromatic carbocycles. The summed E-state index contributed by atoms with van der Waals surface area (Å²) in [5.41, 5.74) is -1.85. The van der Waals surface area contributed by atoms with Crippen LogP contribution < -0.4 is 0 Å². The molecule has 16 heavy (non-hydrogen) atoms. The Bertz CT molecular complexity index is 244. The van der Waals surface area contributed by atoms with Gasteiger partial charge in [0.2, 0.25) is 0 Å². The van der Waals surface area contributed by atoms with Crippen LogP contribution in [-0.2, 0) is 9.53 Å². The van der Waals surface area contributed by atoms with Gasteiger partial charge >= 0.3 is 5.97 Å². The van der Waals surface area contributed by atoms with Gasteiger partial charge in [0, 0.05) is 0 Å². The molecular formula is C13H24O3. The molecule has 1 aliphatic rings. The van der Waals surface area contributed by atoms with Crippen molar-refractivity contribution in [3.8, 4) is 0 Å². The Labute approximate surface area is 98.2 Å². The Morgan fingerprint density at radius 3 is 2.06 bits per heavy atom. The van der Waals surface area contributed by atoms with E-state index in [1.54, 1.807) is 27.7 Å². The molecule has 0 heterocycles. The molecule has 0 amide bonds. The summed E-state index contributed by atoms with van der Waals surface area (Å²) in [7, 11) is 0. The molecule has 0 aromatic rings. The first-order valence-electron chi connectivity index (χ1n) is 6.19. The molecule has 1 fully saturated rings. The number of hydrogen-bond acceptors (Lipinski definition) is 3. The van der Waals surface area contributed by atoms with E-state index in [1.807, 2.05) is 0 Å². The summed E-state index contributed by atoms with van der Waals surface area (Å²) < 4.78 is 5.45. The zero-order valence-electron chi connectivity index (χ0n) is 10.9. The van der Waals surface area contributed by atoms with Crippen molar-refractivity contribution >= 4 is 5.97 Å². The molecule has 0 saturated heterocycles. The lowest BCUT2D eigenvalue weighted by Crippen LogP contribution is -2.49. The van der Waals surface area contributed by atoms with Crippen LogP contribution in [0.4, 0.5) is 0 Å². The third-order valence-corrected chi connectivity index (χ3v) is 3.77. The standard InChI is InChI=1S/C13H24O3/c1-12(2,15)13(3,4)16-11(14)10-8-6-5-7-9-10/h10,15H,5-9H2,1-4H3. The summed E-state index contributed by atoms with van der Waals surface area (Å²) in [5, 5.41) is 9.92. The Morgan fingerprint density at radius 2 is 1.62 bits per heavy atom. The minimum atomic E-state index is -1.02. The van der Waals surface area contributed by atoms with Crippen LogP contribution in [0.3, 0.4) is 0 Å². The molecule has 1 aliphatic carbocycles. The SMILES string of the molecule is CC(C)(O)C(C)(C)OC(=O)C1CCCCC1. The highest BCUT2D eigenvalue weighted by atomic mass is 16.6. The van der Waals surface area contributed by atoms with Gasteiger partial charge in [0.05, 0.1) is 11.5 Å². The average molecular weight is 228 g/mol. The number of aliphatic hydroxyl groups is 1. The lowest BCUT2D eigenvalue weighted by atomic mass is 9.87. The molecule has 3 nitrogen and oxygen atoms in total. The maximum atomic E-state index is 11.9. The Balaban J connectivity index is 2.56. The summed E-state index contributed by atoms with van der Waals surface area (Å²) in [6, 6.07) is 0. The summed E-state index contributed by atoms with van der Waals surface area (Å²) in [5.74, 6) is -0.109. The number of ether oxygens (including phenoxy) is 1. The molecule has 1 saturated carbocycles. The van der Waals surface area contributed by atoms with E-state index in [9.17, 15) is 9.90 Å². The largest absolute Gasteiger partial charge is 0.456 e. The maximum Gasteiger partial charge on any atom is 0.309 e. The van der Waals surface area contributed by atoms with E-state index in [0.29, 0.717) is 0 Å². The van der Waals surface area contributed by atoms with E-state index in [-0.39, 0.29) is 11.9 Å². The average Bonchev–Trinajstić information content (AvgIpc) is 2.16. The number of carbonyl (C=O) groups excluding carboxylic acids is 1. The summed E-state index contributed by atoms with van der Waals surface area (Å²) in [6.07, 6.45) is 5.31. The molecule has 0 radical (unpaired) electrons. The molecule has 94 valence electrons. The van der Waals surface area contributed by atoms with Gasteiger partial charge in [-0.15, -0.1) is 0 Å². The third kappa shape index (κ3) is 3.21. The molecule has 0 spiro atoms. The number of rotatable bonds is 3. The van der Waals surface area contributed by atoms with Gasteiger partial charge in [-0.3, -0.25) is 4.79 Å². The fourth-order valence-electron chi connectivity index (χ4n) is 1.80. The third-order valence-electron chi connectivity index (χ3n) is 3.77. The Kier molecular flexibility index (Phi) is 4.00. The summed E-state index contributed by atoms with van der Waals surface area (Å²) >= 11 is 0. The fraction of sp³-hybridized carbons (Fsp3) is 0.923. The van der Waals surface area contributed by atoms with E-state index >= 15 is 0 Å². The minimum absolute atomic E-state index is 0.0374. The van der Waals surface area contributed by atoms with Crippen molar-refractivity contribution in [1.82, 2.24) is 0 Å². The summed E-state index contributed by atoms with van der Waals surface area (Å²) in [6.45, 7) is 6.85. The van der Waals surface area contributed by atoms with Gasteiger partial charge in [0.25, 0.3) is 0 Å². The van der Waals surface area contributed by atoms with Crippen molar-refractivity contribution in [3.63, 3.8) is 0 Å². The van der Waals surface area contributed by atoms with Crippen LogP contribution in [-0.4, -0.2) is 22.3 Å². The molecule has 0 unspecified atom stereocenters. The van der Waals surface area contributed by atoms with Crippen LogP contribution in [0.2, 0.25) is 0 Å². The van der Waals surface area contributed by atoms with Crippen LogP contribution in [0.25, 0.3) is 0 Å². The first-order chi connectivity index (χ1) is 7.24. The Hall–Kier alpha value is -0.570. The van der Waals surface area contributed by atoms with Crippen LogP contribution in [0.15, 0.2) is 0 Å². The van der Waals surface area contributed by atoms with Crippen molar-refractivity contribution in [2.75, 3.05) is 0 Å². The second kappa shape index (κ2) is 4.74. The number of esters is 1. The van der Waals surface area contributed by atoms with Crippen molar-refractivity contribution in [3.05, 3.63) is 0 Å². The lowest BCUT2D eigenvalue weighted by molar-refractivity contribution is -0.186. The lowest BCUT2D eigenvalue weighted by Gasteiger charge is -2.37. The molecule has 3 heteroatoms. The molecule has 1 rings (SSSR count). The van der Waals surface area contributed by atoms with Gasteiger partial charge in [0.1, 0.15) is 5.60 Å². The molecule has 0 aromatic heterocycles. The zero-order valence-corrected chi connectivity index (χ0v) is 10.9. The minimum Gasteiger partial charge on any atom is -0.456 e. The monoisotopic (exact) mass is 228 g/mol. The van der Waals surface area contributed by atoms with Gasteiger partial charge in [-0.25, -0.2) is 0 Å². The zero-order chi connectivity index (χ0) is 12.4. The van der Waals surface area contributed by atoms with Crippen molar-refractivity contribution < 1.29 is 14.6 Å². The van der Waals surface area contributed by atoms with Crippen LogP contribution in [0, 0.1) is 5.92 Å².